The zero-order chi connectivity index (χ0) is 21.5. The van der Waals surface area contributed by atoms with Gasteiger partial charge < -0.3 is 10.6 Å². The van der Waals surface area contributed by atoms with Crippen LogP contribution in [0.15, 0.2) is 90.3 Å². The van der Waals surface area contributed by atoms with Gasteiger partial charge in [-0.3, -0.25) is 9.59 Å². The minimum absolute atomic E-state index is 0.227. The third kappa shape index (κ3) is 5.24. The number of thiazole rings is 1. The van der Waals surface area contributed by atoms with E-state index in [4.69, 9.17) is 0 Å². The quantitative estimate of drug-likeness (QED) is 0.434. The average molecular weight is 428 g/mol. The molecular formula is C25H21N3O2S. The summed E-state index contributed by atoms with van der Waals surface area (Å²) in [4.78, 5) is 29.9. The molecule has 0 atom stereocenters. The van der Waals surface area contributed by atoms with Crippen molar-refractivity contribution < 1.29 is 9.59 Å². The summed E-state index contributed by atoms with van der Waals surface area (Å²) in [5, 5.41) is 8.25. The van der Waals surface area contributed by atoms with E-state index in [1.165, 1.54) is 11.3 Å². The van der Waals surface area contributed by atoms with Gasteiger partial charge in [-0.2, -0.15) is 0 Å². The van der Waals surface area contributed by atoms with Crippen LogP contribution in [-0.4, -0.2) is 23.3 Å². The molecular weight excluding hydrogens is 406 g/mol. The van der Waals surface area contributed by atoms with Crippen LogP contribution in [0, 0.1) is 0 Å². The predicted molar refractivity (Wildman–Crippen MR) is 124 cm³/mol. The van der Waals surface area contributed by atoms with Gasteiger partial charge in [-0.05, 0) is 24.1 Å². The molecule has 0 aliphatic rings. The normalized spacial score (nSPS) is 10.5. The van der Waals surface area contributed by atoms with E-state index in [0.717, 1.165) is 22.6 Å². The third-order valence-corrected chi connectivity index (χ3v) is 5.61. The number of amides is 2. The van der Waals surface area contributed by atoms with E-state index in [1.807, 2.05) is 60.7 Å². The van der Waals surface area contributed by atoms with Gasteiger partial charge in [-0.1, -0.05) is 72.8 Å². The largest absolute Gasteiger partial charge is 0.352 e. The van der Waals surface area contributed by atoms with Gasteiger partial charge in [-0.25, -0.2) is 4.98 Å². The Labute approximate surface area is 184 Å². The number of para-hydroxylation sites is 1. The zero-order valence-corrected chi connectivity index (χ0v) is 17.6. The molecule has 5 nitrogen and oxygen atoms in total. The molecule has 4 aromatic rings. The highest BCUT2D eigenvalue weighted by Gasteiger charge is 2.16. The molecule has 31 heavy (non-hydrogen) atoms. The molecule has 2 amide bonds. The summed E-state index contributed by atoms with van der Waals surface area (Å²) in [5.74, 6) is -0.571. The molecule has 154 valence electrons. The summed E-state index contributed by atoms with van der Waals surface area (Å²) < 4.78 is 0. The van der Waals surface area contributed by atoms with Crippen molar-refractivity contribution >= 4 is 28.8 Å². The van der Waals surface area contributed by atoms with Gasteiger partial charge in [0.15, 0.2) is 0 Å². The molecule has 0 aliphatic heterocycles. The summed E-state index contributed by atoms with van der Waals surface area (Å²) in [6, 6.07) is 26.7. The monoisotopic (exact) mass is 427 g/mol. The summed E-state index contributed by atoms with van der Waals surface area (Å²) >= 11 is 1.41. The van der Waals surface area contributed by atoms with Gasteiger partial charge in [0.25, 0.3) is 11.8 Å². The zero-order valence-electron chi connectivity index (χ0n) is 16.7. The number of nitrogens with one attached hydrogen (secondary N) is 2. The van der Waals surface area contributed by atoms with Gasteiger partial charge in [0, 0.05) is 17.5 Å². The third-order valence-electron chi connectivity index (χ3n) is 4.72. The standard InChI is InChI=1S/C25H21N3O2S/c29-23(26-16-15-18-9-3-1-4-10-18)20-13-7-8-14-21(20)27-24(30)22-17-31-25(28-22)19-11-5-2-6-12-19/h1-14,17H,15-16H2,(H,26,29)(H,27,30). The van der Waals surface area contributed by atoms with Crippen LogP contribution in [0.2, 0.25) is 0 Å². The minimum atomic E-state index is -0.344. The number of hydrogen-bond donors (Lipinski definition) is 2. The Morgan fingerprint density at radius 1 is 0.806 bits per heavy atom. The fourth-order valence-corrected chi connectivity index (χ4v) is 3.93. The van der Waals surface area contributed by atoms with Crippen LogP contribution in [0.4, 0.5) is 5.69 Å². The molecule has 1 aromatic heterocycles. The highest BCUT2D eigenvalue weighted by Crippen LogP contribution is 2.24. The fourth-order valence-electron chi connectivity index (χ4n) is 3.13. The first kappa shape index (κ1) is 20.5. The molecule has 6 heteroatoms. The Bertz CT molecular complexity index is 1170. The van der Waals surface area contributed by atoms with E-state index >= 15 is 0 Å². The molecule has 0 bridgehead atoms. The summed E-state index contributed by atoms with van der Waals surface area (Å²) in [7, 11) is 0. The van der Waals surface area contributed by atoms with E-state index < -0.39 is 0 Å². The van der Waals surface area contributed by atoms with Crippen molar-refractivity contribution in [3.05, 3.63) is 107 Å². The number of rotatable bonds is 7. The van der Waals surface area contributed by atoms with E-state index in [2.05, 4.69) is 15.6 Å². The molecule has 0 saturated carbocycles. The molecule has 0 radical (unpaired) electrons. The number of carbonyl (C=O) groups is 2. The Morgan fingerprint density at radius 2 is 1.48 bits per heavy atom. The molecule has 2 N–H and O–H groups in total. The Morgan fingerprint density at radius 3 is 2.26 bits per heavy atom. The number of hydrogen-bond acceptors (Lipinski definition) is 4. The van der Waals surface area contributed by atoms with Crippen molar-refractivity contribution in [1.29, 1.82) is 0 Å². The second-order valence-electron chi connectivity index (χ2n) is 6.90. The van der Waals surface area contributed by atoms with Gasteiger partial charge in [-0.15, -0.1) is 11.3 Å². The molecule has 0 saturated heterocycles. The first-order valence-corrected chi connectivity index (χ1v) is 10.8. The fraction of sp³-hybridized carbons (Fsp3) is 0.0800. The maximum absolute atomic E-state index is 12.7. The van der Waals surface area contributed by atoms with Gasteiger partial charge >= 0.3 is 0 Å². The number of nitrogens with zero attached hydrogens (tertiary/aromatic N) is 1. The summed E-state index contributed by atoms with van der Waals surface area (Å²) in [6.07, 6.45) is 0.738. The first-order valence-electron chi connectivity index (χ1n) is 9.94. The molecule has 0 fully saturated rings. The van der Waals surface area contributed by atoms with Crippen molar-refractivity contribution in [3.63, 3.8) is 0 Å². The van der Waals surface area contributed by atoms with Crippen LogP contribution in [0.3, 0.4) is 0 Å². The van der Waals surface area contributed by atoms with Crippen LogP contribution in [0.5, 0.6) is 0 Å². The summed E-state index contributed by atoms with van der Waals surface area (Å²) in [5.41, 5.74) is 3.32. The number of carbonyl (C=O) groups excluding carboxylic acids is 2. The lowest BCUT2D eigenvalue weighted by atomic mass is 10.1. The molecule has 3 aromatic carbocycles. The highest BCUT2D eigenvalue weighted by molar-refractivity contribution is 7.13. The Balaban J connectivity index is 1.42. The molecule has 0 aliphatic carbocycles. The first-order chi connectivity index (χ1) is 15.2. The maximum Gasteiger partial charge on any atom is 0.275 e. The van der Waals surface area contributed by atoms with Gasteiger partial charge in [0.2, 0.25) is 0 Å². The Kier molecular flexibility index (Phi) is 6.50. The topological polar surface area (TPSA) is 71.1 Å². The van der Waals surface area contributed by atoms with Crippen LogP contribution in [0.1, 0.15) is 26.4 Å². The number of anilines is 1. The number of benzene rings is 3. The van der Waals surface area contributed by atoms with Crippen molar-refractivity contribution in [1.82, 2.24) is 10.3 Å². The molecule has 4 rings (SSSR count). The highest BCUT2D eigenvalue weighted by atomic mass is 32.1. The van der Waals surface area contributed by atoms with Gasteiger partial charge in [0.1, 0.15) is 10.7 Å². The van der Waals surface area contributed by atoms with Crippen molar-refractivity contribution in [2.75, 3.05) is 11.9 Å². The van der Waals surface area contributed by atoms with Crippen LogP contribution in [-0.2, 0) is 6.42 Å². The average Bonchev–Trinajstić information content (AvgIpc) is 3.31. The lowest BCUT2D eigenvalue weighted by Crippen LogP contribution is -2.27. The van der Waals surface area contributed by atoms with Gasteiger partial charge in [0.05, 0.1) is 11.3 Å². The van der Waals surface area contributed by atoms with Crippen LogP contribution >= 0.6 is 11.3 Å². The van der Waals surface area contributed by atoms with Crippen molar-refractivity contribution in [3.8, 4) is 10.6 Å². The predicted octanol–water partition coefficient (Wildman–Crippen LogP) is 5.03. The van der Waals surface area contributed by atoms with Crippen molar-refractivity contribution in [2.24, 2.45) is 0 Å². The minimum Gasteiger partial charge on any atom is -0.352 e. The SMILES string of the molecule is O=C(Nc1ccccc1C(=O)NCCc1ccccc1)c1csc(-c2ccccc2)n1. The maximum atomic E-state index is 12.7. The van der Waals surface area contributed by atoms with Crippen molar-refractivity contribution in [2.45, 2.75) is 6.42 Å². The Hall–Kier alpha value is -3.77. The second-order valence-corrected chi connectivity index (χ2v) is 7.75. The smallest absolute Gasteiger partial charge is 0.275 e. The summed E-state index contributed by atoms with van der Waals surface area (Å²) in [6.45, 7) is 0.512. The lowest BCUT2D eigenvalue weighted by molar-refractivity contribution is 0.0955. The van der Waals surface area contributed by atoms with Crippen LogP contribution in [0.25, 0.3) is 10.6 Å². The second kappa shape index (κ2) is 9.82. The molecule has 0 unspecified atom stereocenters. The van der Waals surface area contributed by atoms with Crippen LogP contribution < -0.4 is 10.6 Å². The molecule has 0 spiro atoms. The van der Waals surface area contributed by atoms with E-state index in [9.17, 15) is 9.59 Å². The van der Waals surface area contributed by atoms with E-state index in [-0.39, 0.29) is 11.8 Å². The molecule has 1 heterocycles. The van der Waals surface area contributed by atoms with E-state index in [1.54, 1.807) is 29.6 Å². The number of aromatic nitrogens is 1. The van der Waals surface area contributed by atoms with E-state index in [0.29, 0.717) is 23.5 Å². The lowest BCUT2D eigenvalue weighted by Gasteiger charge is -2.11.